The summed E-state index contributed by atoms with van der Waals surface area (Å²) in [5.41, 5.74) is 0.655. The maximum absolute atomic E-state index is 3.75. The Hall–Kier alpha value is -0.0800. The lowest BCUT2D eigenvalue weighted by molar-refractivity contribution is 0.254. The van der Waals surface area contributed by atoms with E-state index in [0.717, 1.165) is 5.92 Å². The Morgan fingerprint density at radius 2 is 2.06 bits per heavy atom. The van der Waals surface area contributed by atoms with Crippen molar-refractivity contribution in [2.24, 2.45) is 11.3 Å². The zero-order valence-electron chi connectivity index (χ0n) is 10.9. The molecule has 2 aliphatic rings. The first-order valence-electron chi connectivity index (χ1n) is 7.26. The smallest absolute Gasteiger partial charge is 0.000783 e. The Morgan fingerprint density at radius 1 is 1.25 bits per heavy atom. The molecule has 2 heteroatoms. The predicted octanol–water partition coefficient (Wildman–Crippen LogP) is 2.55. The zero-order valence-corrected chi connectivity index (χ0v) is 10.9. The molecule has 0 spiro atoms. The third-order valence-corrected chi connectivity index (χ3v) is 4.75. The minimum absolute atomic E-state index is 0.655. The first kappa shape index (κ1) is 12.4. The average molecular weight is 224 g/mol. The van der Waals surface area contributed by atoms with Crippen LogP contribution in [0.5, 0.6) is 0 Å². The van der Waals surface area contributed by atoms with Gasteiger partial charge in [0.1, 0.15) is 0 Å². The van der Waals surface area contributed by atoms with Crippen LogP contribution in [0.15, 0.2) is 0 Å². The highest BCUT2D eigenvalue weighted by Crippen LogP contribution is 2.40. The van der Waals surface area contributed by atoms with Gasteiger partial charge in [0.2, 0.25) is 0 Å². The summed E-state index contributed by atoms with van der Waals surface area (Å²) in [4.78, 5) is 0. The lowest BCUT2D eigenvalue weighted by atomic mass is 9.83. The lowest BCUT2D eigenvalue weighted by Gasteiger charge is -2.30. The molecule has 0 aromatic rings. The van der Waals surface area contributed by atoms with Crippen LogP contribution in [0, 0.1) is 11.3 Å². The average Bonchev–Trinajstić information content (AvgIpc) is 2.80. The van der Waals surface area contributed by atoms with Crippen molar-refractivity contribution in [2.75, 3.05) is 26.2 Å². The summed E-state index contributed by atoms with van der Waals surface area (Å²) in [5.74, 6) is 0.879. The van der Waals surface area contributed by atoms with Gasteiger partial charge in [-0.25, -0.2) is 0 Å². The molecule has 1 heterocycles. The van der Waals surface area contributed by atoms with Gasteiger partial charge in [0.05, 0.1) is 0 Å². The van der Waals surface area contributed by atoms with Crippen molar-refractivity contribution in [1.82, 2.24) is 10.6 Å². The first-order valence-corrected chi connectivity index (χ1v) is 7.26. The summed E-state index contributed by atoms with van der Waals surface area (Å²) in [6.45, 7) is 7.32. The number of nitrogens with one attached hydrogen (secondary N) is 2. The van der Waals surface area contributed by atoms with E-state index in [9.17, 15) is 0 Å². The topological polar surface area (TPSA) is 24.1 Å². The highest BCUT2D eigenvalue weighted by molar-refractivity contribution is 4.86. The molecule has 1 aliphatic heterocycles. The third-order valence-electron chi connectivity index (χ3n) is 4.75. The van der Waals surface area contributed by atoms with Crippen molar-refractivity contribution >= 4 is 0 Å². The molecule has 0 radical (unpaired) electrons. The number of hydrogen-bond donors (Lipinski definition) is 2. The van der Waals surface area contributed by atoms with Crippen molar-refractivity contribution in [3.8, 4) is 0 Å². The molecule has 16 heavy (non-hydrogen) atoms. The van der Waals surface area contributed by atoms with Crippen molar-refractivity contribution in [3.05, 3.63) is 0 Å². The van der Waals surface area contributed by atoms with Crippen LogP contribution in [0.4, 0.5) is 0 Å². The second-order valence-corrected chi connectivity index (χ2v) is 5.90. The van der Waals surface area contributed by atoms with Crippen LogP contribution >= 0.6 is 0 Å². The van der Waals surface area contributed by atoms with E-state index in [1.54, 1.807) is 0 Å². The maximum atomic E-state index is 3.75. The molecule has 1 atom stereocenters. The van der Waals surface area contributed by atoms with E-state index >= 15 is 0 Å². The first-order chi connectivity index (χ1) is 7.85. The Balaban J connectivity index is 1.66. The summed E-state index contributed by atoms with van der Waals surface area (Å²) in [7, 11) is 0. The van der Waals surface area contributed by atoms with E-state index < -0.39 is 0 Å². The fraction of sp³-hybridized carbons (Fsp3) is 1.00. The van der Waals surface area contributed by atoms with Gasteiger partial charge in [-0.15, -0.1) is 0 Å². The number of rotatable bonds is 5. The van der Waals surface area contributed by atoms with Gasteiger partial charge >= 0.3 is 0 Å². The molecule has 0 bridgehead atoms. The standard InChI is InChI=1S/C14H28N2/c1-2-14(7-3-4-8-14)12-16-11-13-6-5-9-15-10-13/h13,15-16H,2-12H2,1H3. The third kappa shape index (κ3) is 3.21. The molecule has 1 saturated heterocycles. The minimum Gasteiger partial charge on any atom is -0.316 e. The second-order valence-electron chi connectivity index (χ2n) is 5.90. The van der Waals surface area contributed by atoms with Crippen LogP contribution < -0.4 is 10.6 Å². The van der Waals surface area contributed by atoms with Gasteiger partial charge in [-0.3, -0.25) is 0 Å². The molecule has 2 nitrogen and oxygen atoms in total. The quantitative estimate of drug-likeness (QED) is 0.750. The normalized spacial score (nSPS) is 29.4. The molecule has 2 rings (SSSR count). The highest BCUT2D eigenvalue weighted by Gasteiger charge is 2.31. The summed E-state index contributed by atoms with van der Waals surface area (Å²) in [5, 5.41) is 7.25. The Kier molecular flexibility index (Phi) is 4.66. The summed E-state index contributed by atoms with van der Waals surface area (Å²) in [6, 6.07) is 0. The van der Waals surface area contributed by atoms with E-state index in [4.69, 9.17) is 0 Å². The van der Waals surface area contributed by atoms with Crippen LogP contribution in [0.2, 0.25) is 0 Å². The predicted molar refractivity (Wildman–Crippen MR) is 69.7 cm³/mol. The van der Waals surface area contributed by atoms with Crippen molar-refractivity contribution in [3.63, 3.8) is 0 Å². The largest absolute Gasteiger partial charge is 0.316 e. The molecule has 2 N–H and O–H groups in total. The summed E-state index contributed by atoms with van der Waals surface area (Å²) >= 11 is 0. The van der Waals surface area contributed by atoms with Gasteiger partial charge in [0.15, 0.2) is 0 Å². The number of hydrogen-bond acceptors (Lipinski definition) is 2. The van der Waals surface area contributed by atoms with Crippen molar-refractivity contribution < 1.29 is 0 Å². The van der Waals surface area contributed by atoms with Gasteiger partial charge in [-0.05, 0) is 63.1 Å². The molecule has 2 fully saturated rings. The van der Waals surface area contributed by atoms with Gasteiger partial charge < -0.3 is 10.6 Å². The Bertz CT molecular complexity index is 191. The van der Waals surface area contributed by atoms with Gasteiger partial charge in [0.25, 0.3) is 0 Å². The lowest BCUT2D eigenvalue weighted by Crippen LogP contribution is -2.39. The summed E-state index contributed by atoms with van der Waals surface area (Å²) in [6.07, 6.45) is 9.98. The van der Waals surface area contributed by atoms with Crippen molar-refractivity contribution in [1.29, 1.82) is 0 Å². The SMILES string of the molecule is CCC1(CNCC2CCCNC2)CCCC1. The summed E-state index contributed by atoms with van der Waals surface area (Å²) < 4.78 is 0. The van der Waals surface area contributed by atoms with Crippen LogP contribution in [0.1, 0.15) is 51.9 Å². The zero-order chi connectivity index (χ0) is 11.3. The van der Waals surface area contributed by atoms with Gasteiger partial charge in [-0.1, -0.05) is 19.8 Å². The molecule has 94 valence electrons. The minimum atomic E-state index is 0.655. The second kappa shape index (κ2) is 6.02. The molecular formula is C14H28N2. The monoisotopic (exact) mass is 224 g/mol. The van der Waals surface area contributed by atoms with Crippen LogP contribution in [-0.2, 0) is 0 Å². The van der Waals surface area contributed by atoms with E-state index in [1.807, 2.05) is 0 Å². The van der Waals surface area contributed by atoms with Crippen molar-refractivity contribution in [2.45, 2.75) is 51.9 Å². The number of piperidine rings is 1. The molecule has 0 aromatic heterocycles. The Morgan fingerprint density at radius 3 is 2.69 bits per heavy atom. The molecule has 1 saturated carbocycles. The van der Waals surface area contributed by atoms with Crippen LogP contribution in [0.25, 0.3) is 0 Å². The molecule has 1 aliphatic carbocycles. The van der Waals surface area contributed by atoms with Gasteiger partial charge in [-0.2, -0.15) is 0 Å². The molecule has 0 amide bonds. The maximum Gasteiger partial charge on any atom is 0.000783 e. The van der Waals surface area contributed by atoms with E-state index in [0.29, 0.717) is 5.41 Å². The highest BCUT2D eigenvalue weighted by atomic mass is 14.9. The van der Waals surface area contributed by atoms with Gasteiger partial charge in [0, 0.05) is 6.54 Å². The molecule has 0 aromatic carbocycles. The van der Waals surface area contributed by atoms with E-state index in [2.05, 4.69) is 17.6 Å². The fourth-order valence-electron chi connectivity index (χ4n) is 3.42. The molecule has 1 unspecified atom stereocenters. The molecular weight excluding hydrogens is 196 g/mol. The fourth-order valence-corrected chi connectivity index (χ4v) is 3.42. The van der Waals surface area contributed by atoms with E-state index in [-0.39, 0.29) is 0 Å². The Labute approximate surface area is 101 Å². The van der Waals surface area contributed by atoms with E-state index in [1.165, 1.54) is 71.1 Å². The van der Waals surface area contributed by atoms with Crippen LogP contribution in [0.3, 0.4) is 0 Å². The van der Waals surface area contributed by atoms with Crippen LogP contribution in [-0.4, -0.2) is 26.2 Å².